The van der Waals surface area contributed by atoms with E-state index in [0.717, 1.165) is 34.6 Å². The first kappa shape index (κ1) is 16.9. The van der Waals surface area contributed by atoms with Gasteiger partial charge in [-0.1, -0.05) is 6.07 Å². The topological polar surface area (TPSA) is 66.9 Å². The lowest BCUT2D eigenvalue weighted by molar-refractivity contribution is -0.116. The van der Waals surface area contributed by atoms with Gasteiger partial charge in [-0.3, -0.25) is 4.79 Å². The van der Waals surface area contributed by atoms with Crippen molar-refractivity contribution in [2.45, 2.75) is 40.5 Å². The number of nitrogens with zero attached hydrogens (tertiary/aromatic N) is 2. The third-order valence-electron chi connectivity index (χ3n) is 3.35. The zero-order valence-electron chi connectivity index (χ0n) is 14.2. The third-order valence-corrected chi connectivity index (χ3v) is 3.35. The number of nitrogens with one attached hydrogen (secondary N) is 2. The molecule has 0 aliphatic carbocycles. The molecule has 0 spiro atoms. The van der Waals surface area contributed by atoms with Gasteiger partial charge in [0.2, 0.25) is 11.9 Å². The molecular weight excluding hydrogens is 288 g/mol. The fourth-order valence-corrected chi connectivity index (χ4v) is 2.52. The minimum absolute atomic E-state index is 0.0261. The highest BCUT2D eigenvalue weighted by molar-refractivity contribution is 5.90. The molecule has 1 heterocycles. The first-order valence-electron chi connectivity index (χ1n) is 7.87. The summed E-state index contributed by atoms with van der Waals surface area (Å²) in [6.07, 6.45) is 1.19. The summed E-state index contributed by atoms with van der Waals surface area (Å²) in [5.41, 5.74) is 5.03. The summed E-state index contributed by atoms with van der Waals surface area (Å²) >= 11 is 0. The summed E-state index contributed by atoms with van der Waals surface area (Å²) in [5.74, 6) is 0.648. The average molecular weight is 312 g/mol. The lowest BCUT2D eigenvalue weighted by atomic mass is 10.1. The normalized spacial score (nSPS) is 10.4. The lowest BCUT2D eigenvalue weighted by Crippen LogP contribution is -2.14. The number of rotatable bonds is 6. The molecule has 1 aromatic heterocycles. The van der Waals surface area contributed by atoms with Crippen molar-refractivity contribution in [2.75, 3.05) is 17.2 Å². The Balaban J connectivity index is 1.76. The number of aromatic nitrogens is 2. The molecule has 1 amide bonds. The predicted molar refractivity (Wildman–Crippen MR) is 93.8 cm³/mol. The van der Waals surface area contributed by atoms with Crippen molar-refractivity contribution in [3.8, 4) is 0 Å². The molecule has 5 nitrogen and oxygen atoms in total. The van der Waals surface area contributed by atoms with Gasteiger partial charge in [-0.15, -0.1) is 0 Å². The Bertz CT molecular complexity index is 657. The van der Waals surface area contributed by atoms with Crippen LogP contribution in [0.2, 0.25) is 0 Å². The van der Waals surface area contributed by atoms with Crippen LogP contribution in [-0.4, -0.2) is 22.4 Å². The molecule has 5 heteroatoms. The minimum atomic E-state index is 0.0261. The van der Waals surface area contributed by atoms with Crippen LogP contribution in [-0.2, 0) is 4.79 Å². The highest BCUT2D eigenvalue weighted by atomic mass is 16.1. The number of aryl methyl sites for hydroxylation is 4. The average Bonchev–Trinajstić information content (AvgIpc) is 2.41. The first-order chi connectivity index (χ1) is 10.9. The van der Waals surface area contributed by atoms with Crippen LogP contribution >= 0.6 is 0 Å². The van der Waals surface area contributed by atoms with Crippen molar-refractivity contribution in [2.24, 2.45) is 0 Å². The molecule has 122 valence electrons. The van der Waals surface area contributed by atoms with E-state index in [1.165, 1.54) is 0 Å². The standard InChI is InChI=1S/C18H24N4O/c1-12-8-13(2)10-16(9-12)22-17(23)6-5-7-19-18-20-14(3)11-15(4)21-18/h8-11H,5-7H2,1-4H3,(H,22,23)(H,19,20,21). The monoisotopic (exact) mass is 312 g/mol. The summed E-state index contributed by atoms with van der Waals surface area (Å²) in [4.78, 5) is 20.6. The molecule has 0 saturated carbocycles. The second kappa shape index (κ2) is 7.72. The van der Waals surface area contributed by atoms with Crippen LogP contribution in [0.5, 0.6) is 0 Å². The second-order valence-electron chi connectivity index (χ2n) is 5.93. The van der Waals surface area contributed by atoms with Crippen LogP contribution in [0, 0.1) is 27.7 Å². The second-order valence-corrected chi connectivity index (χ2v) is 5.93. The molecule has 0 bridgehead atoms. The SMILES string of the molecule is Cc1cc(C)cc(NC(=O)CCCNc2nc(C)cc(C)n2)c1. The first-order valence-corrected chi connectivity index (χ1v) is 7.87. The zero-order chi connectivity index (χ0) is 16.8. The fourth-order valence-electron chi connectivity index (χ4n) is 2.52. The molecule has 2 aromatic rings. The van der Waals surface area contributed by atoms with Crippen LogP contribution in [0.25, 0.3) is 0 Å². The third kappa shape index (κ3) is 5.70. The van der Waals surface area contributed by atoms with Gasteiger partial charge in [-0.05, 0) is 63.4 Å². The molecule has 0 fully saturated rings. The van der Waals surface area contributed by atoms with E-state index in [-0.39, 0.29) is 5.91 Å². The highest BCUT2D eigenvalue weighted by Crippen LogP contribution is 2.14. The van der Waals surface area contributed by atoms with E-state index in [1.807, 2.05) is 45.9 Å². The summed E-state index contributed by atoms with van der Waals surface area (Å²) in [7, 11) is 0. The van der Waals surface area contributed by atoms with E-state index in [1.54, 1.807) is 0 Å². The van der Waals surface area contributed by atoms with E-state index >= 15 is 0 Å². The number of amides is 1. The molecule has 0 radical (unpaired) electrons. The number of anilines is 2. The van der Waals surface area contributed by atoms with Crippen molar-refractivity contribution in [1.82, 2.24) is 9.97 Å². The summed E-state index contributed by atoms with van der Waals surface area (Å²) < 4.78 is 0. The Kier molecular flexibility index (Phi) is 5.68. The summed E-state index contributed by atoms with van der Waals surface area (Å²) in [6.45, 7) is 8.60. The number of hydrogen-bond acceptors (Lipinski definition) is 4. The van der Waals surface area contributed by atoms with Gasteiger partial charge in [0.1, 0.15) is 0 Å². The van der Waals surface area contributed by atoms with E-state index in [0.29, 0.717) is 18.9 Å². The smallest absolute Gasteiger partial charge is 0.224 e. The predicted octanol–water partition coefficient (Wildman–Crippen LogP) is 3.54. The summed E-state index contributed by atoms with van der Waals surface area (Å²) in [6, 6.07) is 7.98. The van der Waals surface area contributed by atoms with E-state index < -0.39 is 0 Å². The molecular formula is C18H24N4O. The Morgan fingerprint density at radius 2 is 1.57 bits per heavy atom. The zero-order valence-corrected chi connectivity index (χ0v) is 14.2. The molecule has 0 saturated heterocycles. The summed E-state index contributed by atoms with van der Waals surface area (Å²) in [5, 5.41) is 6.10. The molecule has 0 aliphatic rings. The molecule has 0 aliphatic heterocycles. The Morgan fingerprint density at radius 1 is 0.957 bits per heavy atom. The van der Waals surface area contributed by atoms with Crippen molar-refractivity contribution in [3.05, 3.63) is 46.8 Å². The molecule has 0 unspecified atom stereocenters. The van der Waals surface area contributed by atoms with Crippen LogP contribution in [0.15, 0.2) is 24.3 Å². The number of carbonyl (C=O) groups is 1. The number of carbonyl (C=O) groups excluding carboxylic acids is 1. The molecule has 23 heavy (non-hydrogen) atoms. The van der Waals surface area contributed by atoms with E-state index in [2.05, 4.69) is 26.7 Å². The Morgan fingerprint density at radius 3 is 2.17 bits per heavy atom. The number of benzene rings is 1. The highest BCUT2D eigenvalue weighted by Gasteiger charge is 2.04. The quantitative estimate of drug-likeness (QED) is 0.801. The maximum absolute atomic E-state index is 12.0. The van der Waals surface area contributed by atoms with Crippen molar-refractivity contribution in [1.29, 1.82) is 0 Å². The van der Waals surface area contributed by atoms with Gasteiger partial charge in [0, 0.05) is 30.0 Å². The van der Waals surface area contributed by atoms with Gasteiger partial charge in [-0.2, -0.15) is 0 Å². The van der Waals surface area contributed by atoms with Crippen LogP contribution in [0.3, 0.4) is 0 Å². The van der Waals surface area contributed by atoms with Crippen molar-refractivity contribution in [3.63, 3.8) is 0 Å². The fraction of sp³-hybridized carbons (Fsp3) is 0.389. The molecule has 0 atom stereocenters. The van der Waals surface area contributed by atoms with Gasteiger partial charge >= 0.3 is 0 Å². The van der Waals surface area contributed by atoms with Gasteiger partial charge in [0.05, 0.1) is 0 Å². The van der Waals surface area contributed by atoms with Crippen molar-refractivity contribution < 1.29 is 4.79 Å². The van der Waals surface area contributed by atoms with E-state index in [9.17, 15) is 4.79 Å². The van der Waals surface area contributed by atoms with Crippen molar-refractivity contribution >= 4 is 17.5 Å². The van der Waals surface area contributed by atoms with Gasteiger partial charge < -0.3 is 10.6 Å². The molecule has 1 aromatic carbocycles. The van der Waals surface area contributed by atoms with Gasteiger partial charge in [0.25, 0.3) is 0 Å². The lowest BCUT2D eigenvalue weighted by Gasteiger charge is -2.08. The van der Waals surface area contributed by atoms with Crippen LogP contribution in [0.1, 0.15) is 35.4 Å². The van der Waals surface area contributed by atoms with Crippen LogP contribution in [0.4, 0.5) is 11.6 Å². The van der Waals surface area contributed by atoms with Gasteiger partial charge in [0.15, 0.2) is 0 Å². The van der Waals surface area contributed by atoms with Gasteiger partial charge in [-0.25, -0.2) is 9.97 Å². The minimum Gasteiger partial charge on any atom is -0.354 e. The van der Waals surface area contributed by atoms with E-state index in [4.69, 9.17) is 0 Å². The maximum atomic E-state index is 12.0. The largest absolute Gasteiger partial charge is 0.354 e. The van der Waals surface area contributed by atoms with Crippen LogP contribution < -0.4 is 10.6 Å². The molecule has 2 N–H and O–H groups in total. The Hall–Kier alpha value is -2.43. The number of hydrogen-bond donors (Lipinski definition) is 2. The Labute approximate surface area is 137 Å². The maximum Gasteiger partial charge on any atom is 0.224 e. The molecule has 2 rings (SSSR count).